The third kappa shape index (κ3) is 4.89. The fourth-order valence-electron chi connectivity index (χ4n) is 4.42. The first kappa shape index (κ1) is 25.5. The number of carbonyl (C=O) groups is 1. The SMILES string of the molecule is Cc1ccccc1-n1c(SCC(=O)c2cc(C)n(CCC(C)C)c2C)nc2sc(C)c(C)c2c1=O. The molecular formula is C28H33N3O2S2. The summed E-state index contributed by atoms with van der Waals surface area (Å²) in [6.45, 7) is 15.4. The van der Waals surface area contributed by atoms with Crippen molar-refractivity contribution in [1.82, 2.24) is 14.1 Å². The highest BCUT2D eigenvalue weighted by Crippen LogP contribution is 2.30. The van der Waals surface area contributed by atoms with Crippen LogP contribution < -0.4 is 5.56 Å². The van der Waals surface area contributed by atoms with Gasteiger partial charge in [0, 0.05) is 28.4 Å². The van der Waals surface area contributed by atoms with Crippen LogP contribution in [0.2, 0.25) is 0 Å². The van der Waals surface area contributed by atoms with Crippen molar-refractivity contribution in [2.75, 3.05) is 5.75 Å². The van der Waals surface area contributed by atoms with Crippen molar-refractivity contribution < 1.29 is 4.79 Å². The van der Waals surface area contributed by atoms with Gasteiger partial charge in [-0.3, -0.25) is 14.2 Å². The number of para-hydroxylation sites is 1. The summed E-state index contributed by atoms with van der Waals surface area (Å²) in [5, 5.41) is 1.22. The normalized spacial score (nSPS) is 11.7. The Morgan fingerprint density at radius 2 is 1.83 bits per heavy atom. The lowest BCUT2D eigenvalue weighted by Crippen LogP contribution is -2.23. The van der Waals surface area contributed by atoms with E-state index in [1.54, 1.807) is 4.57 Å². The van der Waals surface area contributed by atoms with E-state index < -0.39 is 0 Å². The molecule has 0 fully saturated rings. The summed E-state index contributed by atoms with van der Waals surface area (Å²) >= 11 is 2.87. The fraction of sp³-hybridized carbons (Fsp3) is 0.393. The van der Waals surface area contributed by atoms with Crippen molar-refractivity contribution in [2.24, 2.45) is 5.92 Å². The first-order chi connectivity index (χ1) is 16.6. The van der Waals surface area contributed by atoms with E-state index in [0.717, 1.165) is 56.4 Å². The van der Waals surface area contributed by atoms with E-state index in [-0.39, 0.29) is 17.1 Å². The molecule has 0 aliphatic heterocycles. The average molecular weight is 508 g/mol. The van der Waals surface area contributed by atoms with E-state index in [4.69, 9.17) is 4.98 Å². The molecule has 3 heterocycles. The number of benzene rings is 1. The summed E-state index contributed by atoms with van der Waals surface area (Å²) in [6, 6.07) is 9.81. The lowest BCUT2D eigenvalue weighted by atomic mass is 10.1. The molecule has 4 aromatic rings. The van der Waals surface area contributed by atoms with Crippen molar-refractivity contribution >= 4 is 39.1 Å². The van der Waals surface area contributed by atoms with Gasteiger partial charge in [0.05, 0.1) is 16.8 Å². The van der Waals surface area contributed by atoms with Crippen LogP contribution in [0.15, 0.2) is 40.3 Å². The predicted octanol–water partition coefficient (Wildman–Crippen LogP) is 6.81. The molecule has 0 N–H and O–H groups in total. The van der Waals surface area contributed by atoms with E-state index >= 15 is 0 Å². The van der Waals surface area contributed by atoms with Crippen LogP contribution in [-0.2, 0) is 6.54 Å². The second kappa shape index (κ2) is 10.2. The van der Waals surface area contributed by atoms with Gasteiger partial charge in [0.25, 0.3) is 5.56 Å². The first-order valence-electron chi connectivity index (χ1n) is 12.0. The van der Waals surface area contributed by atoms with E-state index in [0.29, 0.717) is 16.5 Å². The Morgan fingerprint density at radius 1 is 1.11 bits per heavy atom. The number of Topliss-reactive ketones (excluding diaryl/α,β-unsaturated/α-hetero) is 1. The quantitative estimate of drug-likeness (QED) is 0.149. The Balaban J connectivity index is 1.72. The zero-order valence-electron chi connectivity index (χ0n) is 21.6. The Labute approximate surface area is 215 Å². The monoisotopic (exact) mass is 507 g/mol. The highest BCUT2D eigenvalue weighted by Gasteiger charge is 2.21. The van der Waals surface area contributed by atoms with Gasteiger partial charge in [0.15, 0.2) is 10.9 Å². The number of hydrogen-bond donors (Lipinski definition) is 0. The Kier molecular flexibility index (Phi) is 7.38. The fourth-order valence-corrected chi connectivity index (χ4v) is 6.38. The predicted molar refractivity (Wildman–Crippen MR) is 148 cm³/mol. The lowest BCUT2D eigenvalue weighted by molar-refractivity contribution is 0.102. The number of ketones is 1. The smallest absolute Gasteiger partial charge is 0.267 e. The maximum Gasteiger partial charge on any atom is 0.267 e. The molecule has 0 radical (unpaired) electrons. The Bertz CT molecular complexity index is 1470. The van der Waals surface area contributed by atoms with Crippen molar-refractivity contribution in [2.45, 2.75) is 66.6 Å². The molecule has 4 rings (SSSR count). The van der Waals surface area contributed by atoms with Gasteiger partial charge in [-0.15, -0.1) is 11.3 Å². The number of thiophene rings is 1. The highest BCUT2D eigenvalue weighted by molar-refractivity contribution is 7.99. The molecule has 0 spiro atoms. The number of hydrogen-bond acceptors (Lipinski definition) is 5. The first-order valence-corrected chi connectivity index (χ1v) is 13.8. The van der Waals surface area contributed by atoms with Crippen molar-refractivity contribution in [3.8, 4) is 5.69 Å². The highest BCUT2D eigenvalue weighted by atomic mass is 32.2. The molecule has 0 amide bonds. The molecular weight excluding hydrogens is 474 g/mol. The summed E-state index contributed by atoms with van der Waals surface area (Å²) in [4.78, 5) is 33.7. The summed E-state index contributed by atoms with van der Waals surface area (Å²) < 4.78 is 3.92. The Morgan fingerprint density at radius 3 is 2.51 bits per heavy atom. The van der Waals surface area contributed by atoms with Crippen molar-refractivity contribution in [3.63, 3.8) is 0 Å². The van der Waals surface area contributed by atoms with Gasteiger partial charge in [0.1, 0.15) is 4.83 Å². The molecule has 0 unspecified atom stereocenters. The second-order valence-corrected chi connectivity index (χ2v) is 11.8. The van der Waals surface area contributed by atoms with Crippen molar-refractivity contribution in [1.29, 1.82) is 0 Å². The zero-order chi connectivity index (χ0) is 25.4. The van der Waals surface area contributed by atoms with E-state index in [9.17, 15) is 9.59 Å². The molecule has 35 heavy (non-hydrogen) atoms. The Hall–Kier alpha value is -2.64. The van der Waals surface area contributed by atoms with Gasteiger partial charge < -0.3 is 4.57 Å². The molecule has 0 aliphatic carbocycles. The van der Waals surface area contributed by atoms with Crippen molar-refractivity contribution in [3.05, 3.63) is 73.6 Å². The van der Waals surface area contributed by atoms with Crippen LogP contribution >= 0.6 is 23.1 Å². The van der Waals surface area contributed by atoms with Crippen LogP contribution in [0.25, 0.3) is 15.9 Å². The third-order valence-electron chi connectivity index (χ3n) is 6.66. The van der Waals surface area contributed by atoms with Crippen LogP contribution in [0.3, 0.4) is 0 Å². The molecule has 7 heteroatoms. The molecule has 0 aliphatic rings. The van der Waals surface area contributed by atoms with E-state index in [1.165, 1.54) is 23.1 Å². The van der Waals surface area contributed by atoms with Crippen LogP contribution in [0.1, 0.15) is 58.0 Å². The van der Waals surface area contributed by atoms with Gasteiger partial charge in [0.2, 0.25) is 0 Å². The van der Waals surface area contributed by atoms with Gasteiger partial charge in [-0.25, -0.2) is 4.98 Å². The third-order valence-corrected chi connectivity index (χ3v) is 8.70. The molecule has 184 valence electrons. The number of aryl methyl sites for hydroxylation is 4. The molecule has 3 aromatic heterocycles. The van der Waals surface area contributed by atoms with Gasteiger partial charge in [-0.2, -0.15) is 0 Å². The summed E-state index contributed by atoms with van der Waals surface area (Å²) in [7, 11) is 0. The van der Waals surface area contributed by atoms with Gasteiger partial charge in [-0.05, 0) is 70.2 Å². The van der Waals surface area contributed by atoms with Crippen LogP contribution in [0, 0.1) is 40.5 Å². The molecule has 0 saturated heterocycles. The molecule has 0 bridgehead atoms. The number of thioether (sulfide) groups is 1. The minimum absolute atomic E-state index is 0.0584. The minimum atomic E-state index is -0.0760. The molecule has 0 atom stereocenters. The second-order valence-electron chi connectivity index (χ2n) is 9.62. The van der Waals surface area contributed by atoms with Crippen LogP contribution in [-0.4, -0.2) is 25.7 Å². The maximum atomic E-state index is 13.7. The maximum absolute atomic E-state index is 13.7. The largest absolute Gasteiger partial charge is 0.348 e. The summed E-state index contributed by atoms with van der Waals surface area (Å²) in [5.74, 6) is 0.888. The summed E-state index contributed by atoms with van der Waals surface area (Å²) in [6.07, 6.45) is 1.07. The number of fused-ring (bicyclic) bond motifs is 1. The summed E-state index contributed by atoms with van der Waals surface area (Å²) in [5.41, 5.74) is 5.57. The number of nitrogens with zero attached hydrogens (tertiary/aromatic N) is 3. The average Bonchev–Trinajstić information content (AvgIpc) is 3.25. The molecule has 1 aromatic carbocycles. The van der Waals surface area contributed by atoms with Crippen LogP contribution in [0.5, 0.6) is 0 Å². The van der Waals surface area contributed by atoms with E-state index in [2.05, 4.69) is 25.3 Å². The number of rotatable bonds is 8. The van der Waals surface area contributed by atoms with Gasteiger partial charge in [-0.1, -0.05) is 43.8 Å². The topological polar surface area (TPSA) is 56.9 Å². The number of aromatic nitrogens is 3. The molecule has 5 nitrogen and oxygen atoms in total. The molecule has 0 saturated carbocycles. The standard InChI is InChI=1S/C28H33N3O2S2/c1-16(2)12-13-30-18(4)14-22(20(30)6)24(32)15-34-28-29-26-25(19(5)21(7)35-26)27(33)31(28)23-11-9-8-10-17(23)3/h8-11,14,16H,12-13,15H2,1-7H3. The zero-order valence-corrected chi connectivity index (χ0v) is 23.2. The van der Waals surface area contributed by atoms with E-state index in [1.807, 2.05) is 58.0 Å². The van der Waals surface area contributed by atoms with Crippen LogP contribution in [0.4, 0.5) is 0 Å². The minimum Gasteiger partial charge on any atom is -0.348 e. The lowest BCUT2D eigenvalue weighted by Gasteiger charge is -2.14. The van der Waals surface area contributed by atoms with Gasteiger partial charge >= 0.3 is 0 Å². The number of carbonyl (C=O) groups excluding carboxylic acids is 1.